The van der Waals surface area contributed by atoms with Gasteiger partial charge < -0.3 is 5.73 Å². The summed E-state index contributed by atoms with van der Waals surface area (Å²) in [6.07, 6.45) is 0. The van der Waals surface area contributed by atoms with Crippen molar-refractivity contribution < 1.29 is 0 Å². The zero-order valence-corrected chi connectivity index (χ0v) is 9.54. The molecule has 0 radical (unpaired) electrons. The van der Waals surface area contributed by atoms with Gasteiger partial charge in [0.2, 0.25) is 0 Å². The van der Waals surface area contributed by atoms with E-state index < -0.39 is 0 Å². The maximum Gasteiger partial charge on any atom is 0.0314 e. The lowest BCUT2D eigenvalue weighted by Gasteiger charge is -2.31. The molecule has 0 aromatic heterocycles. The van der Waals surface area contributed by atoms with Gasteiger partial charge in [0, 0.05) is 17.8 Å². The standard InChI is InChI=1S/C12H20N2/c1-12(2,3)14(4)9-10-5-7-11(13)8-6-10/h5-8H,9,13H2,1-4H3. The van der Waals surface area contributed by atoms with E-state index >= 15 is 0 Å². The Kier molecular flexibility index (Phi) is 3.17. The van der Waals surface area contributed by atoms with Crippen molar-refractivity contribution in [2.24, 2.45) is 0 Å². The summed E-state index contributed by atoms with van der Waals surface area (Å²) in [5.41, 5.74) is 7.97. The van der Waals surface area contributed by atoms with Crippen molar-refractivity contribution in [3.8, 4) is 0 Å². The molecule has 0 aliphatic heterocycles. The highest BCUT2D eigenvalue weighted by Crippen LogP contribution is 2.15. The van der Waals surface area contributed by atoms with Gasteiger partial charge in [-0.15, -0.1) is 0 Å². The van der Waals surface area contributed by atoms with E-state index in [1.165, 1.54) is 5.56 Å². The fraction of sp³-hybridized carbons (Fsp3) is 0.500. The van der Waals surface area contributed by atoms with Crippen molar-refractivity contribution >= 4 is 5.69 Å². The first kappa shape index (κ1) is 11.1. The van der Waals surface area contributed by atoms with Crippen LogP contribution in [-0.2, 0) is 6.54 Å². The molecule has 2 heteroatoms. The molecule has 0 fully saturated rings. The Morgan fingerprint density at radius 1 is 1.14 bits per heavy atom. The first-order chi connectivity index (χ1) is 6.39. The summed E-state index contributed by atoms with van der Waals surface area (Å²) in [6.45, 7) is 7.60. The van der Waals surface area contributed by atoms with E-state index in [4.69, 9.17) is 5.73 Å². The Balaban J connectivity index is 2.65. The zero-order valence-electron chi connectivity index (χ0n) is 9.54. The van der Waals surface area contributed by atoms with E-state index in [0.717, 1.165) is 12.2 Å². The van der Waals surface area contributed by atoms with Crippen LogP contribution in [0.4, 0.5) is 5.69 Å². The summed E-state index contributed by atoms with van der Waals surface area (Å²) in [4.78, 5) is 2.32. The van der Waals surface area contributed by atoms with Gasteiger partial charge >= 0.3 is 0 Å². The number of nitrogens with zero attached hydrogens (tertiary/aromatic N) is 1. The number of hydrogen-bond acceptors (Lipinski definition) is 2. The van der Waals surface area contributed by atoms with Crippen LogP contribution in [0.3, 0.4) is 0 Å². The maximum atomic E-state index is 5.63. The molecular formula is C12H20N2. The number of nitrogen functional groups attached to an aromatic ring is 1. The van der Waals surface area contributed by atoms with Crippen molar-refractivity contribution in [1.82, 2.24) is 4.90 Å². The summed E-state index contributed by atoms with van der Waals surface area (Å²) in [5.74, 6) is 0. The Bertz CT molecular complexity index is 282. The lowest BCUT2D eigenvalue weighted by Crippen LogP contribution is -2.37. The van der Waals surface area contributed by atoms with Crippen molar-refractivity contribution in [2.75, 3.05) is 12.8 Å². The van der Waals surface area contributed by atoms with Crippen LogP contribution in [0.15, 0.2) is 24.3 Å². The number of nitrogens with two attached hydrogens (primary N) is 1. The normalized spacial score (nSPS) is 12.1. The van der Waals surface area contributed by atoms with Crippen LogP contribution in [-0.4, -0.2) is 17.5 Å². The molecule has 78 valence electrons. The second-order valence-corrected chi connectivity index (χ2v) is 4.77. The monoisotopic (exact) mass is 192 g/mol. The highest BCUT2D eigenvalue weighted by molar-refractivity contribution is 5.39. The average molecular weight is 192 g/mol. The number of benzene rings is 1. The highest BCUT2D eigenvalue weighted by atomic mass is 15.1. The highest BCUT2D eigenvalue weighted by Gasteiger charge is 2.16. The van der Waals surface area contributed by atoms with Crippen molar-refractivity contribution in [3.63, 3.8) is 0 Å². The minimum Gasteiger partial charge on any atom is -0.399 e. The largest absolute Gasteiger partial charge is 0.399 e. The molecule has 0 saturated carbocycles. The molecule has 1 aromatic rings. The quantitative estimate of drug-likeness (QED) is 0.729. The summed E-state index contributed by atoms with van der Waals surface area (Å²) >= 11 is 0. The summed E-state index contributed by atoms with van der Waals surface area (Å²) < 4.78 is 0. The van der Waals surface area contributed by atoms with Crippen molar-refractivity contribution in [1.29, 1.82) is 0 Å². The van der Waals surface area contributed by atoms with Gasteiger partial charge in [0.15, 0.2) is 0 Å². The van der Waals surface area contributed by atoms with Gasteiger partial charge in [0.25, 0.3) is 0 Å². The van der Waals surface area contributed by atoms with Crippen LogP contribution in [0.5, 0.6) is 0 Å². The van der Waals surface area contributed by atoms with Gasteiger partial charge in [-0.25, -0.2) is 0 Å². The zero-order chi connectivity index (χ0) is 10.8. The number of hydrogen-bond donors (Lipinski definition) is 1. The molecule has 0 heterocycles. The fourth-order valence-corrected chi connectivity index (χ4v) is 1.13. The number of rotatable bonds is 2. The van der Waals surface area contributed by atoms with Crippen molar-refractivity contribution in [3.05, 3.63) is 29.8 Å². The predicted molar refractivity (Wildman–Crippen MR) is 62.1 cm³/mol. The third-order valence-electron chi connectivity index (χ3n) is 2.54. The van der Waals surface area contributed by atoms with Gasteiger partial charge in [0.1, 0.15) is 0 Å². The molecule has 0 saturated heterocycles. The molecule has 0 aliphatic carbocycles. The third kappa shape index (κ3) is 3.04. The first-order valence-electron chi connectivity index (χ1n) is 4.95. The Labute approximate surface area is 86.7 Å². The van der Waals surface area contributed by atoms with Crippen molar-refractivity contribution in [2.45, 2.75) is 32.9 Å². The fourth-order valence-electron chi connectivity index (χ4n) is 1.13. The van der Waals surface area contributed by atoms with E-state index in [9.17, 15) is 0 Å². The maximum absolute atomic E-state index is 5.63. The summed E-state index contributed by atoms with van der Waals surface area (Å²) in [7, 11) is 2.14. The second kappa shape index (κ2) is 4.01. The predicted octanol–water partition coefficient (Wildman–Crippen LogP) is 2.50. The second-order valence-electron chi connectivity index (χ2n) is 4.77. The molecule has 2 nitrogen and oxygen atoms in total. The minimum atomic E-state index is 0.210. The summed E-state index contributed by atoms with van der Waals surface area (Å²) in [6, 6.07) is 8.06. The van der Waals surface area contributed by atoms with E-state index in [2.05, 4.69) is 44.9 Å². The lowest BCUT2D eigenvalue weighted by atomic mass is 10.1. The Hall–Kier alpha value is -1.02. The molecule has 1 rings (SSSR count). The van der Waals surface area contributed by atoms with Crippen LogP contribution in [0.2, 0.25) is 0 Å². The van der Waals surface area contributed by atoms with Gasteiger partial charge in [-0.1, -0.05) is 12.1 Å². The summed E-state index contributed by atoms with van der Waals surface area (Å²) in [5, 5.41) is 0. The first-order valence-corrected chi connectivity index (χ1v) is 4.95. The molecule has 2 N–H and O–H groups in total. The molecule has 1 aromatic carbocycles. The smallest absolute Gasteiger partial charge is 0.0314 e. The van der Waals surface area contributed by atoms with Gasteiger partial charge in [-0.3, -0.25) is 4.90 Å². The topological polar surface area (TPSA) is 29.3 Å². The SMILES string of the molecule is CN(Cc1ccc(N)cc1)C(C)(C)C. The molecule has 0 amide bonds. The van der Waals surface area contributed by atoms with Gasteiger partial charge in [0.05, 0.1) is 0 Å². The molecule has 0 spiro atoms. The van der Waals surface area contributed by atoms with Crippen LogP contribution >= 0.6 is 0 Å². The van der Waals surface area contributed by atoms with E-state index in [1.54, 1.807) is 0 Å². The van der Waals surface area contributed by atoms with Crippen LogP contribution in [0, 0.1) is 0 Å². The molecular weight excluding hydrogens is 172 g/mol. The van der Waals surface area contributed by atoms with Crippen LogP contribution in [0.1, 0.15) is 26.3 Å². The van der Waals surface area contributed by atoms with Crippen LogP contribution in [0.25, 0.3) is 0 Å². The lowest BCUT2D eigenvalue weighted by molar-refractivity contribution is 0.167. The van der Waals surface area contributed by atoms with Gasteiger partial charge in [-0.2, -0.15) is 0 Å². The van der Waals surface area contributed by atoms with E-state index in [1.807, 2.05) is 12.1 Å². The Morgan fingerprint density at radius 2 is 1.64 bits per heavy atom. The molecule has 0 atom stereocenters. The average Bonchev–Trinajstić information content (AvgIpc) is 2.07. The Morgan fingerprint density at radius 3 is 2.07 bits per heavy atom. The number of anilines is 1. The third-order valence-corrected chi connectivity index (χ3v) is 2.54. The van der Waals surface area contributed by atoms with E-state index in [0.29, 0.717) is 0 Å². The minimum absolute atomic E-state index is 0.210. The molecule has 0 aliphatic rings. The molecule has 14 heavy (non-hydrogen) atoms. The molecule has 0 bridgehead atoms. The van der Waals surface area contributed by atoms with Crippen LogP contribution < -0.4 is 5.73 Å². The van der Waals surface area contributed by atoms with E-state index in [-0.39, 0.29) is 5.54 Å². The molecule has 0 unspecified atom stereocenters. The van der Waals surface area contributed by atoms with Gasteiger partial charge in [-0.05, 0) is 45.5 Å².